The van der Waals surface area contributed by atoms with E-state index >= 15 is 0 Å². The summed E-state index contributed by atoms with van der Waals surface area (Å²) >= 11 is 0. The molecule has 0 fully saturated rings. The highest BCUT2D eigenvalue weighted by molar-refractivity contribution is 5.93. The van der Waals surface area contributed by atoms with Gasteiger partial charge in [-0.2, -0.15) is 10.4 Å². The van der Waals surface area contributed by atoms with Crippen molar-refractivity contribution >= 4 is 22.8 Å². The third kappa shape index (κ3) is 3.11. The Kier molecular flexibility index (Phi) is 4.21. The van der Waals surface area contributed by atoms with E-state index in [4.69, 9.17) is 9.41 Å². The van der Waals surface area contributed by atoms with Crippen LogP contribution < -0.4 is 0 Å². The van der Waals surface area contributed by atoms with E-state index in [1.165, 1.54) is 17.5 Å². The Morgan fingerprint density at radius 3 is 3.03 bits per heavy atom. The molecule has 0 amide bonds. The van der Waals surface area contributed by atoms with Gasteiger partial charge in [-0.3, -0.25) is 10.1 Å². The van der Waals surface area contributed by atoms with Crippen molar-refractivity contribution in [1.29, 1.82) is 5.26 Å². The third-order valence-corrected chi connectivity index (χ3v) is 5.71. The van der Waals surface area contributed by atoms with Gasteiger partial charge in [0.2, 0.25) is 0 Å². The van der Waals surface area contributed by atoms with Crippen LogP contribution in [0, 0.1) is 17.2 Å². The van der Waals surface area contributed by atoms with Crippen molar-refractivity contribution < 1.29 is 4.42 Å². The van der Waals surface area contributed by atoms with Gasteiger partial charge in [0.1, 0.15) is 5.69 Å². The summed E-state index contributed by atoms with van der Waals surface area (Å²) in [7, 11) is 0. The van der Waals surface area contributed by atoms with E-state index in [0.717, 1.165) is 40.7 Å². The highest BCUT2D eigenvalue weighted by Gasteiger charge is 2.25. The fraction of sp³-hybridized carbons (Fsp3) is 0.217. The van der Waals surface area contributed by atoms with E-state index in [1.54, 1.807) is 6.20 Å². The number of nitriles is 1. The third-order valence-electron chi connectivity index (χ3n) is 5.71. The first kappa shape index (κ1) is 17.4. The second kappa shape index (κ2) is 7.02. The highest BCUT2D eigenvalue weighted by atomic mass is 16.3. The number of aromatic nitrogens is 3. The molecule has 1 unspecified atom stereocenters. The van der Waals surface area contributed by atoms with Crippen LogP contribution in [0.2, 0.25) is 0 Å². The number of nitrogens with zero attached hydrogens (tertiary/aromatic N) is 4. The normalized spacial score (nSPS) is 18.8. The lowest BCUT2D eigenvalue weighted by atomic mass is 9.76. The smallest absolute Gasteiger partial charge is 0.181 e. The number of aryl methyl sites for hydroxylation is 1. The lowest BCUT2D eigenvalue weighted by molar-refractivity contribution is 0.476. The summed E-state index contributed by atoms with van der Waals surface area (Å²) in [5, 5.41) is 17.5. The van der Waals surface area contributed by atoms with Gasteiger partial charge < -0.3 is 4.42 Å². The van der Waals surface area contributed by atoms with Crippen LogP contribution in [0.4, 0.5) is 5.69 Å². The van der Waals surface area contributed by atoms with E-state index in [2.05, 4.69) is 34.2 Å². The van der Waals surface area contributed by atoms with E-state index in [0.29, 0.717) is 11.7 Å². The number of aromatic amines is 1. The van der Waals surface area contributed by atoms with Crippen molar-refractivity contribution in [3.8, 4) is 17.5 Å². The van der Waals surface area contributed by atoms with Crippen molar-refractivity contribution in [3.63, 3.8) is 0 Å². The van der Waals surface area contributed by atoms with Gasteiger partial charge in [0.25, 0.3) is 0 Å². The molecule has 1 aliphatic carbocycles. The quantitative estimate of drug-likeness (QED) is 0.496. The number of rotatable bonds is 3. The Hall–Kier alpha value is -3.72. The molecule has 1 aliphatic rings. The van der Waals surface area contributed by atoms with Crippen LogP contribution in [0.15, 0.2) is 58.4 Å². The fourth-order valence-corrected chi connectivity index (χ4v) is 4.08. The molecule has 0 aliphatic heterocycles. The standard InChI is InChI=1S/C23H19N5O/c1-14-2-4-16-8-15(10-24)3-6-18(16)20(14)11-26-17-5-7-21-19(9-17)23(28-27-21)22-12-25-13-29-22/h3,5-9,11-14,20H,2,4H2,1H3,(H,27,28)/t14-,20?/m0/s1. The van der Waals surface area contributed by atoms with Gasteiger partial charge in [-0.25, -0.2) is 4.98 Å². The summed E-state index contributed by atoms with van der Waals surface area (Å²) in [5.41, 5.74) is 5.78. The molecule has 2 aromatic carbocycles. The zero-order valence-corrected chi connectivity index (χ0v) is 16.0. The zero-order chi connectivity index (χ0) is 19.8. The maximum absolute atomic E-state index is 9.17. The van der Waals surface area contributed by atoms with E-state index in [1.807, 2.05) is 36.5 Å². The molecule has 0 saturated heterocycles. The molecule has 4 aromatic rings. The first-order chi connectivity index (χ1) is 14.2. The molecule has 1 N–H and O–H groups in total. The second-order valence-corrected chi connectivity index (χ2v) is 7.51. The lowest BCUT2D eigenvalue weighted by Crippen LogP contribution is -2.19. The molecule has 5 rings (SSSR count). The minimum Gasteiger partial charge on any atom is -0.442 e. The van der Waals surface area contributed by atoms with Gasteiger partial charge >= 0.3 is 0 Å². The Morgan fingerprint density at radius 1 is 1.28 bits per heavy atom. The highest BCUT2D eigenvalue weighted by Crippen LogP contribution is 2.36. The summed E-state index contributed by atoms with van der Waals surface area (Å²) < 4.78 is 5.40. The Morgan fingerprint density at radius 2 is 2.21 bits per heavy atom. The molecular formula is C23H19N5O. The second-order valence-electron chi connectivity index (χ2n) is 7.51. The molecule has 6 heteroatoms. The summed E-state index contributed by atoms with van der Waals surface area (Å²) in [6, 6.07) is 14.2. The first-order valence-electron chi connectivity index (χ1n) is 9.67. The number of H-pyrrole nitrogens is 1. The first-order valence-corrected chi connectivity index (χ1v) is 9.67. The van der Waals surface area contributed by atoms with Crippen molar-refractivity contribution in [3.05, 3.63) is 65.7 Å². The van der Waals surface area contributed by atoms with Crippen molar-refractivity contribution in [2.75, 3.05) is 0 Å². The van der Waals surface area contributed by atoms with Crippen LogP contribution in [0.1, 0.15) is 36.0 Å². The minimum atomic E-state index is 0.236. The molecule has 142 valence electrons. The average Bonchev–Trinajstić information content (AvgIpc) is 3.42. The Labute approximate surface area is 167 Å². The molecule has 0 spiro atoms. The van der Waals surface area contributed by atoms with E-state index in [-0.39, 0.29) is 5.92 Å². The van der Waals surface area contributed by atoms with Gasteiger partial charge in [0.15, 0.2) is 12.2 Å². The van der Waals surface area contributed by atoms with Gasteiger partial charge in [-0.15, -0.1) is 0 Å². The summed E-state index contributed by atoms with van der Waals surface area (Å²) in [6.45, 7) is 2.26. The molecule has 2 aromatic heterocycles. The van der Waals surface area contributed by atoms with Crippen LogP contribution in [-0.2, 0) is 6.42 Å². The fourth-order valence-electron chi connectivity index (χ4n) is 4.08. The monoisotopic (exact) mass is 381 g/mol. The van der Waals surface area contributed by atoms with Gasteiger partial charge in [0, 0.05) is 17.5 Å². The van der Waals surface area contributed by atoms with Crippen LogP contribution in [0.3, 0.4) is 0 Å². The molecule has 6 nitrogen and oxygen atoms in total. The number of aliphatic imine (C=N–C) groups is 1. The van der Waals surface area contributed by atoms with E-state index in [9.17, 15) is 5.26 Å². The zero-order valence-electron chi connectivity index (χ0n) is 16.0. The summed E-state index contributed by atoms with van der Waals surface area (Å²) in [5.74, 6) is 1.36. The number of oxazole rings is 1. The van der Waals surface area contributed by atoms with Crippen molar-refractivity contribution in [2.45, 2.75) is 25.7 Å². The van der Waals surface area contributed by atoms with Crippen LogP contribution in [0.5, 0.6) is 0 Å². The number of nitrogens with one attached hydrogen (secondary N) is 1. The van der Waals surface area contributed by atoms with Crippen molar-refractivity contribution in [2.24, 2.45) is 10.9 Å². The predicted octanol–water partition coefficient (Wildman–Crippen LogP) is 5.16. The minimum absolute atomic E-state index is 0.236. The Balaban J connectivity index is 1.50. The average molecular weight is 381 g/mol. The van der Waals surface area contributed by atoms with Gasteiger partial charge in [-0.05, 0) is 60.2 Å². The summed E-state index contributed by atoms with van der Waals surface area (Å²) in [6.07, 6.45) is 7.20. The van der Waals surface area contributed by atoms with Gasteiger partial charge in [0.05, 0.1) is 29.0 Å². The number of fused-ring (bicyclic) bond motifs is 2. The Bertz CT molecular complexity index is 1250. The number of hydrogen-bond acceptors (Lipinski definition) is 5. The van der Waals surface area contributed by atoms with Crippen LogP contribution >= 0.6 is 0 Å². The molecule has 0 radical (unpaired) electrons. The number of benzene rings is 2. The molecular weight excluding hydrogens is 362 g/mol. The molecule has 0 bridgehead atoms. The SMILES string of the molecule is C[C@H]1CCc2cc(C#N)ccc2C1C=Nc1ccc2[nH]nc(-c3cnco3)c2c1. The molecule has 2 atom stereocenters. The van der Waals surface area contributed by atoms with Crippen LogP contribution in [0.25, 0.3) is 22.4 Å². The molecule has 2 heterocycles. The largest absolute Gasteiger partial charge is 0.442 e. The van der Waals surface area contributed by atoms with Crippen molar-refractivity contribution in [1.82, 2.24) is 15.2 Å². The molecule has 0 saturated carbocycles. The van der Waals surface area contributed by atoms with E-state index < -0.39 is 0 Å². The lowest BCUT2D eigenvalue weighted by Gasteiger charge is -2.28. The summed E-state index contributed by atoms with van der Waals surface area (Å²) in [4.78, 5) is 8.77. The topological polar surface area (TPSA) is 90.9 Å². The number of hydrogen-bond donors (Lipinski definition) is 1. The maximum atomic E-state index is 9.17. The van der Waals surface area contributed by atoms with Crippen LogP contribution in [-0.4, -0.2) is 21.4 Å². The molecule has 29 heavy (non-hydrogen) atoms. The van der Waals surface area contributed by atoms with Gasteiger partial charge in [-0.1, -0.05) is 13.0 Å². The maximum Gasteiger partial charge on any atom is 0.181 e. The predicted molar refractivity (Wildman–Crippen MR) is 111 cm³/mol.